The number of nitrogens with one attached hydrogen (secondary N) is 1. The molecule has 0 amide bonds. The van der Waals surface area contributed by atoms with Gasteiger partial charge >= 0.3 is 5.97 Å². The van der Waals surface area contributed by atoms with Crippen LogP contribution in [-0.2, 0) is 4.74 Å². The van der Waals surface area contributed by atoms with Crippen LogP contribution in [0.1, 0.15) is 35.1 Å². The molecule has 2 unspecified atom stereocenters. The fourth-order valence-corrected chi connectivity index (χ4v) is 2.84. The molecule has 1 aromatic heterocycles. The second-order valence-corrected chi connectivity index (χ2v) is 5.42. The Bertz CT molecular complexity index is 413. The number of thiazole rings is 1. The predicted octanol–water partition coefficient (Wildman–Crippen LogP) is 2.13. The summed E-state index contributed by atoms with van der Waals surface area (Å²) in [6.07, 6.45) is 2.34. The first-order valence-corrected chi connectivity index (χ1v) is 6.48. The second kappa shape index (κ2) is 5.01. The highest BCUT2D eigenvalue weighted by atomic mass is 32.1. The van der Waals surface area contributed by atoms with Gasteiger partial charge in [0.05, 0.1) is 12.1 Å². The molecule has 2 heterocycles. The average molecular weight is 256 g/mol. The number of nitrogens with zero attached hydrogens (tertiary/aromatic N) is 1. The van der Waals surface area contributed by atoms with Gasteiger partial charge in [0.25, 0.3) is 0 Å². The molecule has 0 bridgehead atoms. The summed E-state index contributed by atoms with van der Waals surface area (Å²) in [4.78, 5) is 15.7. The molecular weight excluding hydrogens is 240 g/mol. The van der Waals surface area contributed by atoms with Gasteiger partial charge < -0.3 is 15.2 Å². The van der Waals surface area contributed by atoms with Gasteiger partial charge in [-0.05, 0) is 26.7 Å². The molecular formula is C11H16N2O3S. The van der Waals surface area contributed by atoms with Gasteiger partial charge in [0.2, 0.25) is 0 Å². The zero-order valence-corrected chi connectivity index (χ0v) is 10.7. The van der Waals surface area contributed by atoms with Gasteiger partial charge in [-0.3, -0.25) is 0 Å². The quantitative estimate of drug-likeness (QED) is 0.863. The van der Waals surface area contributed by atoms with E-state index in [1.807, 2.05) is 6.92 Å². The highest BCUT2D eigenvalue weighted by molar-refractivity contribution is 7.15. The zero-order chi connectivity index (χ0) is 12.4. The summed E-state index contributed by atoms with van der Waals surface area (Å²) < 4.78 is 5.57. The van der Waals surface area contributed by atoms with Crippen LogP contribution < -0.4 is 5.32 Å². The van der Waals surface area contributed by atoms with E-state index >= 15 is 0 Å². The van der Waals surface area contributed by atoms with Crippen LogP contribution in [0.5, 0.6) is 0 Å². The number of hydrogen-bond donors (Lipinski definition) is 2. The van der Waals surface area contributed by atoms with Crippen molar-refractivity contribution >= 4 is 22.4 Å². The fraction of sp³-hybridized carbons (Fsp3) is 0.636. The van der Waals surface area contributed by atoms with Crippen molar-refractivity contribution in [1.29, 1.82) is 0 Å². The van der Waals surface area contributed by atoms with Gasteiger partial charge in [-0.1, -0.05) is 0 Å². The van der Waals surface area contributed by atoms with E-state index < -0.39 is 5.97 Å². The first-order chi connectivity index (χ1) is 8.08. The van der Waals surface area contributed by atoms with Gasteiger partial charge in [-0.15, -0.1) is 11.3 Å². The van der Waals surface area contributed by atoms with E-state index in [-0.39, 0.29) is 17.8 Å². The molecule has 2 atom stereocenters. The van der Waals surface area contributed by atoms with E-state index in [4.69, 9.17) is 9.84 Å². The number of carboxylic acids is 1. The Hall–Kier alpha value is -1.14. The molecule has 1 aliphatic rings. The van der Waals surface area contributed by atoms with Gasteiger partial charge in [0, 0.05) is 11.5 Å². The first-order valence-electron chi connectivity index (χ1n) is 5.67. The summed E-state index contributed by atoms with van der Waals surface area (Å²) in [6.45, 7) is 4.62. The van der Waals surface area contributed by atoms with Crippen molar-refractivity contribution < 1.29 is 14.6 Å². The Labute approximate surface area is 104 Å². The summed E-state index contributed by atoms with van der Waals surface area (Å²) in [5, 5.41) is 12.8. The van der Waals surface area contributed by atoms with Crippen molar-refractivity contribution in [3.63, 3.8) is 0 Å². The van der Waals surface area contributed by atoms with Crippen molar-refractivity contribution in [3.8, 4) is 0 Å². The van der Waals surface area contributed by atoms with Gasteiger partial charge in [0.1, 0.15) is 0 Å². The van der Waals surface area contributed by atoms with Crippen molar-refractivity contribution in [2.24, 2.45) is 0 Å². The number of ether oxygens (including phenoxy) is 1. The minimum atomic E-state index is -0.975. The molecule has 2 rings (SSSR count). The monoisotopic (exact) mass is 256 g/mol. The maximum absolute atomic E-state index is 10.9. The average Bonchev–Trinajstić information content (AvgIpc) is 2.86. The zero-order valence-electron chi connectivity index (χ0n) is 9.90. The lowest BCUT2D eigenvalue weighted by Crippen LogP contribution is -2.29. The predicted molar refractivity (Wildman–Crippen MR) is 65.9 cm³/mol. The molecule has 94 valence electrons. The molecule has 6 heteroatoms. The summed E-state index contributed by atoms with van der Waals surface area (Å²) in [7, 11) is 0. The Kier molecular flexibility index (Phi) is 3.63. The molecule has 1 aromatic rings. The van der Waals surface area contributed by atoms with E-state index in [1.54, 1.807) is 6.92 Å². The van der Waals surface area contributed by atoms with E-state index in [9.17, 15) is 4.79 Å². The van der Waals surface area contributed by atoms with Crippen LogP contribution in [-0.4, -0.2) is 34.8 Å². The third-order valence-corrected chi connectivity index (χ3v) is 3.77. The number of carbonyl (C=O) groups is 1. The van der Waals surface area contributed by atoms with E-state index in [2.05, 4.69) is 10.3 Å². The Morgan fingerprint density at radius 1 is 1.71 bits per heavy atom. The van der Waals surface area contributed by atoms with Crippen LogP contribution in [0, 0.1) is 6.92 Å². The van der Waals surface area contributed by atoms with Crippen LogP contribution in [0.25, 0.3) is 0 Å². The highest BCUT2D eigenvalue weighted by Gasteiger charge is 2.23. The number of aromatic nitrogens is 1. The summed E-state index contributed by atoms with van der Waals surface area (Å²) in [5.74, 6) is -0.975. The number of aromatic carboxylic acids is 1. The van der Waals surface area contributed by atoms with Crippen molar-refractivity contribution in [1.82, 2.24) is 4.98 Å². The van der Waals surface area contributed by atoms with Gasteiger partial charge in [-0.25, -0.2) is 9.78 Å². The lowest BCUT2D eigenvalue weighted by atomic mass is 10.1. The molecule has 2 N–H and O–H groups in total. The van der Waals surface area contributed by atoms with Gasteiger partial charge in [0.15, 0.2) is 10.8 Å². The number of carboxylic acid groups (broad SMARTS) is 1. The standard InChI is InChI=1S/C11H16N2O3S/c1-6(8-4-3-5-16-8)12-11-13-9(10(14)15)7(2)17-11/h6,8H,3-5H2,1-2H3,(H,12,13)(H,14,15). The number of hydrogen-bond acceptors (Lipinski definition) is 5. The highest BCUT2D eigenvalue weighted by Crippen LogP contribution is 2.25. The summed E-state index contributed by atoms with van der Waals surface area (Å²) in [5.41, 5.74) is 0.136. The summed E-state index contributed by atoms with van der Waals surface area (Å²) >= 11 is 1.37. The number of aryl methyl sites for hydroxylation is 1. The third kappa shape index (κ3) is 2.76. The largest absolute Gasteiger partial charge is 0.476 e. The minimum absolute atomic E-state index is 0.136. The van der Waals surface area contributed by atoms with E-state index in [1.165, 1.54) is 11.3 Å². The van der Waals surface area contributed by atoms with Crippen LogP contribution in [0.3, 0.4) is 0 Å². The smallest absolute Gasteiger partial charge is 0.355 e. The molecule has 0 aromatic carbocycles. The molecule has 0 saturated carbocycles. The SMILES string of the molecule is Cc1sc(NC(C)C2CCCO2)nc1C(=O)O. The Balaban J connectivity index is 2.03. The topological polar surface area (TPSA) is 71.5 Å². The molecule has 0 aliphatic carbocycles. The Morgan fingerprint density at radius 3 is 3.00 bits per heavy atom. The van der Waals surface area contributed by atoms with E-state index in [0.29, 0.717) is 5.13 Å². The molecule has 17 heavy (non-hydrogen) atoms. The molecule has 1 fully saturated rings. The van der Waals surface area contributed by atoms with Crippen LogP contribution in [0.15, 0.2) is 0 Å². The Morgan fingerprint density at radius 2 is 2.47 bits per heavy atom. The maximum Gasteiger partial charge on any atom is 0.355 e. The molecule has 0 radical (unpaired) electrons. The molecule has 0 spiro atoms. The summed E-state index contributed by atoms with van der Waals surface area (Å²) in [6, 6.07) is 0.157. The van der Waals surface area contributed by atoms with E-state index in [0.717, 1.165) is 24.3 Å². The van der Waals surface area contributed by atoms with Crippen LogP contribution in [0.2, 0.25) is 0 Å². The van der Waals surface area contributed by atoms with Gasteiger partial charge in [-0.2, -0.15) is 0 Å². The molecule has 1 aliphatic heterocycles. The molecule has 5 nitrogen and oxygen atoms in total. The third-order valence-electron chi connectivity index (χ3n) is 2.87. The van der Waals surface area contributed by atoms with Crippen molar-refractivity contribution in [2.45, 2.75) is 38.8 Å². The van der Waals surface area contributed by atoms with Crippen LogP contribution in [0.4, 0.5) is 5.13 Å². The maximum atomic E-state index is 10.9. The number of rotatable bonds is 4. The van der Waals surface area contributed by atoms with Crippen LogP contribution >= 0.6 is 11.3 Å². The van der Waals surface area contributed by atoms with Crippen molar-refractivity contribution in [2.75, 3.05) is 11.9 Å². The molecule has 1 saturated heterocycles. The second-order valence-electron chi connectivity index (χ2n) is 4.21. The lowest BCUT2D eigenvalue weighted by Gasteiger charge is -2.19. The fourth-order valence-electron chi connectivity index (χ4n) is 1.94. The first kappa shape index (κ1) is 12.3. The number of anilines is 1. The minimum Gasteiger partial charge on any atom is -0.476 e. The lowest BCUT2D eigenvalue weighted by molar-refractivity contribution is 0.0690. The normalized spacial score (nSPS) is 21.4. The van der Waals surface area contributed by atoms with Crippen molar-refractivity contribution in [3.05, 3.63) is 10.6 Å².